The van der Waals surface area contributed by atoms with E-state index in [4.69, 9.17) is 27.4 Å². The Labute approximate surface area is 402 Å². The van der Waals surface area contributed by atoms with Crippen molar-refractivity contribution >= 4 is 19.6 Å². The van der Waals surface area contributed by atoms with Crippen LogP contribution in [0.15, 0.2) is 119 Å². The quantitative estimate of drug-likeness (QED) is 0.0248. The molecule has 6 aromatic rings. The van der Waals surface area contributed by atoms with Crippen LogP contribution in [-0.2, 0) is 39.5 Å². The number of anilines is 2. The van der Waals surface area contributed by atoms with Gasteiger partial charge in [-0.05, 0) is 162 Å². The van der Waals surface area contributed by atoms with Gasteiger partial charge in [0.2, 0.25) is 0 Å². The summed E-state index contributed by atoms with van der Waals surface area (Å²) in [5.41, 5.74) is 11.8. The molecule has 14 heteroatoms. The lowest BCUT2D eigenvalue weighted by Gasteiger charge is -2.14. The van der Waals surface area contributed by atoms with Crippen LogP contribution in [0.1, 0.15) is 86.8 Å². The zero-order valence-corrected chi connectivity index (χ0v) is 40.7. The Hall–Kier alpha value is -6.31. The molecule has 358 valence electrons. The van der Waals surface area contributed by atoms with Gasteiger partial charge >= 0.3 is 8.25 Å². The minimum atomic E-state index is -2.58. The lowest BCUT2D eigenvalue weighted by Crippen LogP contribution is -2.16. The molecule has 2 aromatic heterocycles. The topological polar surface area (TPSA) is 176 Å². The van der Waals surface area contributed by atoms with Crippen molar-refractivity contribution in [3.05, 3.63) is 143 Å². The molecular weight excluding hydrogens is 876 g/mol. The van der Waals surface area contributed by atoms with E-state index in [-0.39, 0.29) is 12.2 Å². The molecular formula is C54H65N6O7P. The van der Waals surface area contributed by atoms with E-state index in [0.717, 1.165) is 94.7 Å². The van der Waals surface area contributed by atoms with Gasteiger partial charge < -0.3 is 48.6 Å². The van der Waals surface area contributed by atoms with E-state index >= 15 is 0 Å². The van der Waals surface area contributed by atoms with E-state index in [9.17, 15) is 15.1 Å². The van der Waals surface area contributed by atoms with Crippen molar-refractivity contribution in [2.75, 3.05) is 50.0 Å². The molecule has 0 saturated heterocycles. The standard InChI is InChI=1S/C54H65N6O7P/c1-39(2)66-53-17-13-41(29-47(53)33-55)9-5-23-59-51-15-11-43(31-49(51)45-19-27-62-37-45)35-57-21-7-25-64-68(61)65-26-8-22-58-36-44-12-16-52(50(32-44)46-20-28-63-38-46)60-24-6-10-42-14-18-54(67-40(3)4)48(30-42)34-56/h11-20,27-32,37-40,57-60,68H,5-10,21-26,35-36H2,1-4H3. The average molecular weight is 941 g/mol. The fourth-order valence-electron chi connectivity index (χ4n) is 7.62. The minimum Gasteiger partial charge on any atom is -0.490 e. The monoisotopic (exact) mass is 940 g/mol. The second-order valence-electron chi connectivity index (χ2n) is 17.1. The first-order chi connectivity index (χ1) is 33.2. The predicted octanol–water partition coefficient (Wildman–Crippen LogP) is 11.7. The summed E-state index contributed by atoms with van der Waals surface area (Å²) in [6.45, 7) is 12.8. The average Bonchev–Trinajstić information content (AvgIpc) is 4.09. The van der Waals surface area contributed by atoms with Crippen LogP contribution in [0.25, 0.3) is 22.3 Å². The molecule has 13 nitrogen and oxygen atoms in total. The van der Waals surface area contributed by atoms with E-state index in [1.54, 1.807) is 25.1 Å². The SMILES string of the molecule is CC(C)Oc1ccc(CCCNc2ccc(CNCCCO[PH](=O)OCCCNCc3ccc(NCCCc4ccc(OC(C)C)c(C#N)c4)c(-c4ccoc4)c3)cc2-c2ccoc2)cc1C#N. The van der Waals surface area contributed by atoms with Crippen LogP contribution in [0, 0.1) is 22.7 Å². The number of aryl methyl sites for hydroxylation is 2. The van der Waals surface area contributed by atoms with Gasteiger partial charge in [0, 0.05) is 59.8 Å². The third-order valence-corrected chi connectivity index (χ3v) is 11.8. The van der Waals surface area contributed by atoms with Crippen LogP contribution >= 0.6 is 8.25 Å². The largest absolute Gasteiger partial charge is 0.490 e. The molecule has 0 atom stereocenters. The second kappa shape index (κ2) is 27.5. The first kappa shape index (κ1) is 51.1. The van der Waals surface area contributed by atoms with Crippen molar-refractivity contribution in [1.82, 2.24) is 10.6 Å². The maximum absolute atomic E-state index is 12.4. The second-order valence-corrected chi connectivity index (χ2v) is 18.1. The van der Waals surface area contributed by atoms with Crippen LogP contribution in [-0.4, -0.2) is 51.6 Å². The number of furan rings is 2. The smallest absolute Gasteiger partial charge is 0.319 e. The molecule has 4 N–H and O–H groups in total. The van der Waals surface area contributed by atoms with Crippen molar-refractivity contribution in [1.29, 1.82) is 10.5 Å². The number of nitrogens with one attached hydrogen (secondary N) is 4. The number of ether oxygens (including phenoxy) is 2. The Bertz CT molecular complexity index is 2390. The number of hydrogen-bond donors (Lipinski definition) is 4. The van der Waals surface area contributed by atoms with Gasteiger partial charge in [-0.1, -0.05) is 24.3 Å². The molecule has 68 heavy (non-hydrogen) atoms. The summed E-state index contributed by atoms with van der Waals surface area (Å²) >= 11 is 0. The number of benzene rings is 4. The van der Waals surface area contributed by atoms with Crippen molar-refractivity contribution in [3.63, 3.8) is 0 Å². The van der Waals surface area contributed by atoms with E-state index < -0.39 is 8.25 Å². The first-order valence-electron chi connectivity index (χ1n) is 23.6. The molecule has 0 spiro atoms. The zero-order chi connectivity index (χ0) is 47.9. The Kier molecular flexibility index (Phi) is 20.7. The highest BCUT2D eigenvalue weighted by Gasteiger charge is 2.12. The summed E-state index contributed by atoms with van der Waals surface area (Å²) in [6, 6.07) is 32.9. The molecule has 0 saturated carbocycles. The van der Waals surface area contributed by atoms with Crippen molar-refractivity contribution < 1.29 is 31.9 Å². The van der Waals surface area contributed by atoms with E-state index in [0.29, 0.717) is 74.9 Å². The van der Waals surface area contributed by atoms with Crippen molar-refractivity contribution in [2.24, 2.45) is 0 Å². The number of hydrogen-bond acceptors (Lipinski definition) is 13. The lowest BCUT2D eigenvalue weighted by molar-refractivity contribution is 0.220. The fraction of sp³-hybridized carbons (Fsp3) is 0.370. The third-order valence-electron chi connectivity index (χ3n) is 10.9. The molecule has 0 bridgehead atoms. The number of nitriles is 2. The van der Waals surface area contributed by atoms with Gasteiger partial charge in [-0.25, -0.2) is 0 Å². The molecule has 6 rings (SSSR count). The highest BCUT2D eigenvalue weighted by atomic mass is 31.1. The van der Waals surface area contributed by atoms with E-state index in [1.165, 1.54) is 0 Å². The van der Waals surface area contributed by atoms with Crippen LogP contribution in [0.5, 0.6) is 11.5 Å². The predicted molar refractivity (Wildman–Crippen MR) is 269 cm³/mol. The molecule has 0 radical (unpaired) electrons. The van der Waals surface area contributed by atoms with Gasteiger partial charge in [0.1, 0.15) is 23.6 Å². The van der Waals surface area contributed by atoms with Gasteiger partial charge in [-0.15, -0.1) is 0 Å². The molecule has 0 fully saturated rings. The third kappa shape index (κ3) is 16.5. The van der Waals surface area contributed by atoms with Crippen LogP contribution in [0.3, 0.4) is 0 Å². The molecule has 2 heterocycles. The molecule has 0 aliphatic heterocycles. The van der Waals surface area contributed by atoms with E-state index in [2.05, 4.69) is 69.8 Å². The molecule has 0 amide bonds. The molecule has 0 aliphatic carbocycles. The van der Waals surface area contributed by atoms with Gasteiger partial charge in [0.25, 0.3) is 0 Å². The summed E-state index contributed by atoms with van der Waals surface area (Å²) in [6.07, 6.45) is 11.7. The van der Waals surface area contributed by atoms with Gasteiger partial charge in [0.15, 0.2) is 0 Å². The van der Waals surface area contributed by atoms with Gasteiger partial charge in [-0.3, -0.25) is 4.57 Å². The lowest BCUT2D eigenvalue weighted by atomic mass is 10.0. The Balaban J connectivity index is 0.839. The van der Waals surface area contributed by atoms with Crippen molar-refractivity contribution in [2.45, 2.75) is 91.5 Å². The van der Waals surface area contributed by atoms with Crippen LogP contribution in [0.2, 0.25) is 0 Å². The Morgan fingerprint density at radius 2 is 1.00 bits per heavy atom. The molecule has 4 aromatic carbocycles. The minimum absolute atomic E-state index is 0.0119. The Morgan fingerprint density at radius 3 is 1.40 bits per heavy atom. The number of nitrogens with zero attached hydrogens (tertiary/aromatic N) is 2. The Morgan fingerprint density at radius 1 is 0.559 bits per heavy atom. The molecule has 0 unspecified atom stereocenters. The van der Waals surface area contributed by atoms with Gasteiger partial charge in [-0.2, -0.15) is 10.5 Å². The summed E-state index contributed by atoms with van der Waals surface area (Å²) in [7, 11) is -2.58. The highest BCUT2D eigenvalue weighted by molar-refractivity contribution is 7.33. The summed E-state index contributed by atoms with van der Waals surface area (Å²) < 4.78 is 45.8. The maximum atomic E-state index is 12.4. The maximum Gasteiger partial charge on any atom is 0.319 e. The molecule has 0 aliphatic rings. The normalized spacial score (nSPS) is 11.2. The summed E-state index contributed by atoms with van der Waals surface area (Å²) in [4.78, 5) is 0. The highest BCUT2D eigenvalue weighted by Crippen LogP contribution is 2.32. The van der Waals surface area contributed by atoms with Crippen LogP contribution < -0.4 is 30.7 Å². The fourth-order valence-corrected chi connectivity index (χ4v) is 8.33. The summed E-state index contributed by atoms with van der Waals surface area (Å²) in [5, 5.41) is 33.3. The number of rotatable bonds is 30. The first-order valence-corrected chi connectivity index (χ1v) is 24.8. The van der Waals surface area contributed by atoms with Gasteiger partial charge in [0.05, 0.1) is 61.6 Å². The van der Waals surface area contributed by atoms with E-state index in [1.807, 2.05) is 76.2 Å². The zero-order valence-electron chi connectivity index (χ0n) is 39.7. The van der Waals surface area contributed by atoms with Crippen LogP contribution in [0.4, 0.5) is 11.4 Å². The van der Waals surface area contributed by atoms with Crippen molar-refractivity contribution in [3.8, 4) is 45.9 Å². The summed E-state index contributed by atoms with van der Waals surface area (Å²) in [5.74, 6) is 1.25.